The summed E-state index contributed by atoms with van der Waals surface area (Å²) in [5.74, 6) is 1.21. The quantitative estimate of drug-likeness (QED) is 0.815. The van der Waals surface area contributed by atoms with E-state index < -0.39 is 0 Å². The average molecular weight is 208 g/mol. The molecule has 0 radical (unpaired) electrons. The lowest BCUT2D eigenvalue weighted by molar-refractivity contribution is 0.731. The van der Waals surface area contributed by atoms with Gasteiger partial charge in [0.15, 0.2) is 0 Å². The van der Waals surface area contributed by atoms with Crippen LogP contribution in [0.25, 0.3) is 0 Å². The summed E-state index contributed by atoms with van der Waals surface area (Å²) >= 11 is 1.96. The third-order valence-corrected chi connectivity index (χ3v) is 3.50. The minimum absolute atomic E-state index is 1.05. The number of hydrogen-bond acceptors (Lipinski definition) is 3. The Morgan fingerprint density at radius 1 is 1.43 bits per heavy atom. The fourth-order valence-corrected chi connectivity index (χ4v) is 2.76. The molecule has 3 heteroatoms. The van der Waals surface area contributed by atoms with Gasteiger partial charge in [-0.15, -0.1) is 11.8 Å². The molecule has 1 N–H and O–H groups in total. The van der Waals surface area contributed by atoms with Crippen LogP contribution in [0.3, 0.4) is 0 Å². The van der Waals surface area contributed by atoms with E-state index in [9.17, 15) is 0 Å². The second-order valence-electron chi connectivity index (χ2n) is 3.41. The van der Waals surface area contributed by atoms with E-state index in [0.717, 1.165) is 13.1 Å². The molecule has 0 amide bonds. The zero-order chi connectivity index (χ0) is 9.80. The fourth-order valence-electron chi connectivity index (χ4n) is 1.71. The molecular weight excluding hydrogens is 192 g/mol. The number of likely N-dealkylation sites (N-methyl/N-ethyl adjacent to an activating group) is 1. The Kier molecular flexibility index (Phi) is 3.32. The van der Waals surface area contributed by atoms with Gasteiger partial charge in [-0.25, -0.2) is 0 Å². The first-order valence-corrected chi connectivity index (χ1v) is 6.02. The Labute approximate surface area is 89.7 Å². The molecule has 0 saturated heterocycles. The van der Waals surface area contributed by atoms with Crippen molar-refractivity contribution < 1.29 is 0 Å². The first-order valence-electron chi connectivity index (χ1n) is 5.03. The summed E-state index contributed by atoms with van der Waals surface area (Å²) in [5, 5.41) is 3.20. The number of benzene rings is 1. The van der Waals surface area contributed by atoms with Crippen LogP contribution in [0, 0.1) is 0 Å². The van der Waals surface area contributed by atoms with E-state index >= 15 is 0 Å². The van der Waals surface area contributed by atoms with Gasteiger partial charge in [-0.2, -0.15) is 0 Å². The van der Waals surface area contributed by atoms with Crippen LogP contribution in [0.5, 0.6) is 0 Å². The summed E-state index contributed by atoms with van der Waals surface area (Å²) in [6, 6.07) is 8.67. The van der Waals surface area contributed by atoms with E-state index in [2.05, 4.69) is 34.5 Å². The topological polar surface area (TPSA) is 15.3 Å². The Morgan fingerprint density at radius 3 is 3.14 bits per heavy atom. The van der Waals surface area contributed by atoms with E-state index in [1.54, 1.807) is 0 Å². The molecule has 1 aliphatic rings. The first kappa shape index (κ1) is 9.87. The molecule has 1 aliphatic heterocycles. The van der Waals surface area contributed by atoms with E-state index in [4.69, 9.17) is 0 Å². The number of rotatable bonds is 3. The van der Waals surface area contributed by atoms with Gasteiger partial charge in [0, 0.05) is 30.3 Å². The van der Waals surface area contributed by atoms with Crippen LogP contribution in [0.2, 0.25) is 0 Å². The van der Waals surface area contributed by atoms with E-state index in [0.29, 0.717) is 0 Å². The van der Waals surface area contributed by atoms with Gasteiger partial charge in [0.25, 0.3) is 0 Å². The fraction of sp³-hybridized carbons (Fsp3) is 0.455. The molecule has 0 spiro atoms. The van der Waals surface area contributed by atoms with Crippen molar-refractivity contribution in [2.75, 3.05) is 37.3 Å². The maximum atomic E-state index is 3.20. The predicted octanol–water partition coefficient (Wildman–Crippen LogP) is 1.82. The summed E-state index contributed by atoms with van der Waals surface area (Å²) in [7, 11) is 2.00. The molecule has 0 aliphatic carbocycles. The summed E-state index contributed by atoms with van der Waals surface area (Å²) in [4.78, 5) is 3.89. The molecule has 1 aromatic rings. The normalized spacial score (nSPS) is 15.4. The number of nitrogens with one attached hydrogen (secondary N) is 1. The van der Waals surface area contributed by atoms with Crippen molar-refractivity contribution in [1.29, 1.82) is 0 Å². The number of nitrogens with zero attached hydrogens (tertiary/aromatic N) is 1. The lowest BCUT2D eigenvalue weighted by atomic mass is 10.2. The smallest absolute Gasteiger partial charge is 0.0505 e. The van der Waals surface area contributed by atoms with E-state index in [1.807, 2.05) is 18.8 Å². The number of thioether (sulfide) groups is 1. The average Bonchev–Trinajstić information content (AvgIpc) is 2.26. The van der Waals surface area contributed by atoms with Crippen molar-refractivity contribution in [3.8, 4) is 0 Å². The van der Waals surface area contributed by atoms with Crippen LogP contribution in [0.4, 0.5) is 5.69 Å². The Bertz CT molecular complexity index is 301. The predicted molar refractivity (Wildman–Crippen MR) is 63.3 cm³/mol. The molecule has 0 atom stereocenters. The van der Waals surface area contributed by atoms with Gasteiger partial charge in [-0.1, -0.05) is 12.1 Å². The Morgan fingerprint density at radius 2 is 2.29 bits per heavy atom. The molecule has 14 heavy (non-hydrogen) atoms. The number of hydrogen-bond donors (Lipinski definition) is 1. The standard InChI is InChI=1S/C11H16N2S/c1-12-6-7-13-8-9-14-11-5-3-2-4-10(11)13/h2-5,12H,6-9H2,1H3. The largest absolute Gasteiger partial charge is 0.369 e. The van der Waals surface area contributed by atoms with E-state index in [-0.39, 0.29) is 0 Å². The van der Waals surface area contributed by atoms with Crippen LogP contribution in [-0.2, 0) is 0 Å². The number of para-hydroxylation sites is 1. The highest BCUT2D eigenvalue weighted by Gasteiger charge is 2.15. The SMILES string of the molecule is CNCCN1CCSc2ccccc21. The minimum atomic E-state index is 1.05. The molecule has 0 fully saturated rings. The van der Waals surface area contributed by atoms with Crippen LogP contribution >= 0.6 is 11.8 Å². The molecule has 0 saturated carbocycles. The second kappa shape index (κ2) is 4.71. The first-order chi connectivity index (χ1) is 6.92. The molecule has 76 valence electrons. The highest BCUT2D eigenvalue weighted by molar-refractivity contribution is 7.99. The Hall–Kier alpha value is -0.670. The molecule has 0 bridgehead atoms. The van der Waals surface area contributed by atoms with Gasteiger partial charge >= 0.3 is 0 Å². The van der Waals surface area contributed by atoms with Crippen molar-refractivity contribution in [1.82, 2.24) is 5.32 Å². The summed E-state index contributed by atoms with van der Waals surface area (Å²) in [5.41, 5.74) is 1.40. The molecule has 0 unspecified atom stereocenters. The Balaban J connectivity index is 2.14. The number of anilines is 1. The van der Waals surface area contributed by atoms with Crippen molar-refractivity contribution in [2.45, 2.75) is 4.90 Å². The summed E-state index contributed by atoms with van der Waals surface area (Å²) < 4.78 is 0. The third kappa shape index (κ3) is 2.04. The van der Waals surface area contributed by atoms with Crippen molar-refractivity contribution in [3.63, 3.8) is 0 Å². The zero-order valence-electron chi connectivity index (χ0n) is 8.49. The van der Waals surface area contributed by atoms with Crippen LogP contribution < -0.4 is 10.2 Å². The van der Waals surface area contributed by atoms with Gasteiger partial charge in [-0.05, 0) is 19.2 Å². The van der Waals surface area contributed by atoms with Crippen LogP contribution in [-0.4, -0.2) is 32.4 Å². The van der Waals surface area contributed by atoms with Gasteiger partial charge in [0.2, 0.25) is 0 Å². The summed E-state index contributed by atoms with van der Waals surface area (Å²) in [6.45, 7) is 3.33. The highest BCUT2D eigenvalue weighted by atomic mass is 32.2. The maximum absolute atomic E-state index is 3.20. The third-order valence-electron chi connectivity index (χ3n) is 2.46. The van der Waals surface area contributed by atoms with Gasteiger partial charge in [0.05, 0.1) is 5.69 Å². The van der Waals surface area contributed by atoms with Crippen LogP contribution in [0.15, 0.2) is 29.2 Å². The van der Waals surface area contributed by atoms with Crippen LogP contribution in [0.1, 0.15) is 0 Å². The van der Waals surface area contributed by atoms with E-state index in [1.165, 1.54) is 22.9 Å². The van der Waals surface area contributed by atoms with Gasteiger partial charge in [-0.3, -0.25) is 0 Å². The molecule has 0 aromatic heterocycles. The molecule has 2 rings (SSSR count). The lowest BCUT2D eigenvalue weighted by Crippen LogP contribution is -2.34. The molecule has 2 nitrogen and oxygen atoms in total. The summed E-state index contributed by atoms with van der Waals surface area (Å²) in [6.07, 6.45) is 0. The number of fused-ring (bicyclic) bond motifs is 1. The van der Waals surface area contributed by atoms with Crippen molar-refractivity contribution in [2.24, 2.45) is 0 Å². The monoisotopic (exact) mass is 208 g/mol. The lowest BCUT2D eigenvalue weighted by Gasteiger charge is -2.30. The zero-order valence-corrected chi connectivity index (χ0v) is 9.31. The highest BCUT2D eigenvalue weighted by Crippen LogP contribution is 2.33. The van der Waals surface area contributed by atoms with Crippen molar-refractivity contribution >= 4 is 17.4 Å². The molecule has 1 aromatic carbocycles. The molecular formula is C11H16N2S. The maximum Gasteiger partial charge on any atom is 0.0505 e. The van der Waals surface area contributed by atoms with Crippen molar-refractivity contribution in [3.05, 3.63) is 24.3 Å². The van der Waals surface area contributed by atoms with Gasteiger partial charge in [0.1, 0.15) is 0 Å². The minimum Gasteiger partial charge on any atom is -0.369 e. The molecule has 1 heterocycles. The second-order valence-corrected chi connectivity index (χ2v) is 4.54. The van der Waals surface area contributed by atoms with Gasteiger partial charge < -0.3 is 10.2 Å².